The molecule has 0 aromatic heterocycles. The van der Waals surface area contributed by atoms with Crippen molar-refractivity contribution in [2.75, 3.05) is 26.7 Å². The zero-order valence-electron chi connectivity index (χ0n) is 22.9. The molecule has 11 atom stereocenters. The largest absolute Gasteiger partial charge is 0.445 e. The molecule has 0 radical (unpaired) electrons. The van der Waals surface area contributed by atoms with Crippen LogP contribution in [0.5, 0.6) is 0 Å². The molecule has 2 aliphatic heterocycles. The van der Waals surface area contributed by atoms with Crippen molar-refractivity contribution >= 4 is 17.8 Å². The van der Waals surface area contributed by atoms with E-state index in [0.717, 1.165) is 45.3 Å². The lowest BCUT2D eigenvalue weighted by Crippen LogP contribution is -2.71. The topological polar surface area (TPSA) is 87.2 Å². The number of hydrogen-bond donors (Lipinski definition) is 1. The number of carbonyl (C=O) groups is 3. The van der Waals surface area contributed by atoms with Crippen LogP contribution in [0.3, 0.4) is 0 Å². The number of rotatable bonds is 2. The van der Waals surface area contributed by atoms with Crippen LogP contribution >= 0.6 is 0 Å². The average Bonchev–Trinajstić information content (AvgIpc) is 3.49. The maximum Gasteiger partial charge on any atom is 0.416 e. The fraction of sp³-hybridized carbons (Fsp3) is 0.897. The molecule has 6 aliphatic rings. The van der Waals surface area contributed by atoms with E-state index in [4.69, 9.17) is 4.74 Å². The highest BCUT2D eigenvalue weighted by Gasteiger charge is 2.81. The number of hydrogen-bond acceptors (Lipinski definition) is 6. The van der Waals surface area contributed by atoms with E-state index in [1.165, 1.54) is 4.90 Å². The third-order valence-electron chi connectivity index (χ3n) is 12.6. The van der Waals surface area contributed by atoms with E-state index in [1.54, 1.807) is 7.05 Å². The molecule has 4 saturated carbocycles. The smallest absolute Gasteiger partial charge is 0.416 e. The molecule has 2 saturated heterocycles. The summed E-state index contributed by atoms with van der Waals surface area (Å²) in [4.78, 5) is 43.7. The van der Waals surface area contributed by atoms with Gasteiger partial charge in [-0.25, -0.2) is 4.79 Å². The monoisotopic (exact) mass is 500 g/mol. The summed E-state index contributed by atoms with van der Waals surface area (Å²) in [6.45, 7) is 13.5. The van der Waals surface area contributed by atoms with Crippen LogP contribution in [0.4, 0.5) is 4.79 Å². The number of ether oxygens (including phenoxy) is 1. The molecule has 6 rings (SSSR count). The number of aliphatic hydroxyl groups is 1. The minimum absolute atomic E-state index is 0.0806. The van der Waals surface area contributed by atoms with Gasteiger partial charge in [0.25, 0.3) is 0 Å². The van der Waals surface area contributed by atoms with Gasteiger partial charge in [-0.15, -0.1) is 0 Å². The number of ketones is 1. The van der Waals surface area contributed by atoms with Gasteiger partial charge in [-0.1, -0.05) is 34.6 Å². The van der Waals surface area contributed by atoms with Crippen LogP contribution < -0.4 is 0 Å². The van der Waals surface area contributed by atoms with Crippen molar-refractivity contribution in [2.45, 2.75) is 85.4 Å². The van der Waals surface area contributed by atoms with Crippen LogP contribution in [-0.2, 0) is 14.3 Å². The minimum atomic E-state index is -0.582. The molecule has 1 N–H and O–H groups in total. The summed E-state index contributed by atoms with van der Waals surface area (Å²) in [5.41, 5.74) is -1.28. The minimum Gasteiger partial charge on any atom is -0.445 e. The van der Waals surface area contributed by atoms with Gasteiger partial charge in [0.2, 0.25) is 5.91 Å². The molecule has 6 fully saturated rings. The summed E-state index contributed by atoms with van der Waals surface area (Å²) in [7, 11) is 1.56. The predicted molar refractivity (Wildman–Crippen MR) is 134 cm³/mol. The molecule has 4 unspecified atom stereocenters. The normalized spacial score (nSPS) is 52.1. The molecule has 4 aliphatic carbocycles. The Hall–Kier alpha value is -1.47. The van der Waals surface area contributed by atoms with E-state index in [1.807, 2.05) is 0 Å². The highest BCUT2D eigenvalue weighted by molar-refractivity contribution is 5.93. The Morgan fingerprint density at radius 1 is 1.14 bits per heavy atom. The van der Waals surface area contributed by atoms with Gasteiger partial charge in [-0.3, -0.25) is 14.5 Å². The van der Waals surface area contributed by atoms with Crippen molar-refractivity contribution in [3.8, 4) is 0 Å². The van der Waals surface area contributed by atoms with Crippen LogP contribution in [0.1, 0.15) is 73.1 Å². The van der Waals surface area contributed by atoms with Crippen LogP contribution in [-0.4, -0.2) is 71.6 Å². The number of nitrogens with zero attached hydrogens (tertiary/aromatic N) is 2. The molecule has 2 heterocycles. The molecule has 7 nitrogen and oxygen atoms in total. The lowest BCUT2D eigenvalue weighted by Gasteiger charge is -2.71. The highest BCUT2D eigenvalue weighted by Crippen LogP contribution is 2.82. The Bertz CT molecular complexity index is 1010. The van der Waals surface area contributed by atoms with Crippen molar-refractivity contribution in [3.63, 3.8) is 0 Å². The number of carbonyl (C=O) groups excluding carboxylic acids is 3. The number of fused-ring (bicyclic) bond motifs is 2. The molecule has 7 heteroatoms. The second-order valence-electron chi connectivity index (χ2n) is 14.5. The first-order valence-corrected chi connectivity index (χ1v) is 14.2. The number of aliphatic hydroxyl groups excluding tert-OH is 1. The van der Waals surface area contributed by atoms with Crippen molar-refractivity contribution < 1.29 is 24.2 Å². The lowest BCUT2D eigenvalue weighted by atomic mass is 9.32. The van der Waals surface area contributed by atoms with E-state index in [9.17, 15) is 19.5 Å². The summed E-state index contributed by atoms with van der Waals surface area (Å²) in [6.07, 6.45) is 3.04. The second kappa shape index (κ2) is 7.56. The van der Waals surface area contributed by atoms with Gasteiger partial charge in [0.15, 0.2) is 0 Å². The fourth-order valence-corrected chi connectivity index (χ4v) is 10.6. The van der Waals surface area contributed by atoms with Crippen molar-refractivity contribution in [2.24, 2.45) is 51.2 Å². The molecular formula is C29H44N2O5. The Labute approximate surface area is 215 Å². The Balaban J connectivity index is 1.33. The van der Waals surface area contributed by atoms with Crippen LogP contribution in [0.2, 0.25) is 0 Å². The van der Waals surface area contributed by atoms with Gasteiger partial charge in [0.05, 0.1) is 12.0 Å². The maximum absolute atomic E-state index is 13.5. The highest BCUT2D eigenvalue weighted by atomic mass is 16.6. The maximum atomic E-state index is 13.5. The van der Waals surface area contributed by atoms with E-state index in [2.05, 4.69) is 39.5 Å². The van der Waals surface area contributed by atoms with Gasteiger partial charge in [-0.2, -0.15) is 0 Å². The predicted octanol–water partition coefficient (Wildman–Crippen LogP) is 3.73. The van der Waals surface area contributed by atoms with Crippen molar-refractivity contribution in [3.05, 3.63) is 0 Å². The molecule has 0 aromatic carbocycles. The van der Waals surface area contributed by atoms with E-state index in [-0.39, 0.29) is 45.8 Å². The Morgan fingerprint density at radius 2 is 1.86 bits per heavy atom. The van der Waals surface area contributed by atoms with E-state index >= 15 is 0 Å². The molecule has 0 aromatic rings. The van der Waals surface area contributed by atoms with Crippen molar-refractivity contribution in [1.29, 1.82) is 0 Å². The summed E-state index contributed by atoms with van der Waals surface area (Å²) in [5.74, 6) is 0.820. The van der Waals surface area contributed by atoms with Crippen LogP contribution in [0.25, 0.3) is 0 Å². The SMILES string of the molecule is C[C@@H]1CC23C[C@]4(CCC2=O)C3[C@]1(C)[C@H](OC(=O)N(C)C(=O)C1CN2CC[C@@H]1C2)CC(C)(C)[C@@H](O)[C@@H]4C. The molecule has 4 bridgehead atoms. The summed E-state index contributed by atoms with van der Waals surface area (Å²) >= 11 is 0. The number of piperidine rings is 1. The Kier molecular flexibility index (Phi) is 5.21. The Morgan fingerprint density at radius 3 is 2.50 bits per heavy atom. The lowest BCUT2D eigenvalue weighted by molar-refractivity contribution is -0.257. The summed E-state index contributed by atoms with van der Waals surface area (Å²) in [5, 5.41) is 11.6. The fourth-order valence-electron chi connectivity index (χ4n) is 10.6. The van der Waals surface area contributed by atoms with Crippen molar-refractivity contribution in [1.82, 2.24) is 9.80 Å². The first kappa shape index (κ1) is 24.8. The first-order valence-electron chi connectivity index (χ1n) is 14.2. The number of Topliss-reactive ketones (excluding diaryl/α,β-unsaturated/α-hetero) is 1. The standard InChI is InChI=1S/C29H44N2O5/c1-16-11-29-15-28(9-7-20(29)32)17(2)22(33)26(3,4)12-21(27(16,5)24(28)29)36-25(35)30(6)23(34)19-14-31-10-8-18(19)13-31/h16-19,21-22,24,33H,7-15H2,1-6H3/t16-,17+,18-,19?,21-,22+,24?,27+,28+,29?/m1/s1. The van der Waals surface area contributed by atoms with Crippen LogP contribution in [0, 0.1) is 51.2 Å². The number of imide groups is 1. The molecule has 2 spiro atoms. The van der Waals surface area contributed by atoms with Crippen LogP contribution in [0.15, 0.2) is 0 Å². The second-order valence-corrected chi connectivity index (χ2v) is 14.5. The summed E-state index contributed by atoms with van der Waals surface area (Å²) in [6, 6.07) is 0. The first-order chi connectivity index (χ1) is 16.8. The summed E-state index contributed by atoms with van der Waals surface area (Å²) < 4.78 is 6.35. The molecule has 36 heavy (non-hydrogen) atoms. The average molecular weight is 501 g/mol. The zero-order chi connectivity index (χ0) is 26.0. The van der Waals surface area contributed by atoms with Gasteiger partial charge in [0.1, 0.15) is 11.9 Å². The van der Waals surface area contributed by atoms with E-state index < -0.39 is 23.7 Å². The van der Waals surface area contributed by atoms with Gasteiger partial charge >= 0.3 is 6.09 Å². The number of amides is 2. The van der Waals surface area contributed by atoms with Gasteiger partial charge < -0.3 is 14.7 Å². The van der Waals surface area contributed by atoms with Gasteiger partial charge in [-0.05, 0) is 73.2 Å². The molecule has 2 amide bonds. The zero-order valence-corrected chi connectivity index (χ0v) is 22.9. The molecule has 200 valence electrons. The third-order valence-corrected chi connectivity index (χ3v) is 12.6. The quantitative estimate of drug-likeness (QED) is 0.622. The third kappa shape index (κ3) is 2.90. The molecular weight excluding hydrogens is 456 g/mol. The van der Waals surface area contributed by atoms with E-state index in [0.29, 0.717) is 24.5 Å². The van der Waals surface area contributed by atoms with Gasteiger partial charge in [0, 0.05) is 37.4 Å².